The number of hydrogen-bond donors (Lipinski definition) is 0. The molecular formula is C19H25F3N2O2. The predicted octanol–water partition coefficient (Wildman–Crippen LogP) is 3.17. The zero-order valence-corrected chi connectivity index (χ0v) is 14.8. The largest absolute Gasteiger partial charge is 0.416 e. The van der Waals surface area contributed by atoms with Crippen molar-refractivity contribution in [3.05, 3.63) is 35.4 Å². The summed E-state index contributed by atoms with van der Waals surface area (Å²) in [5.74, 6) is 0.674. The molecule has 0 atom stereocenters. The molecule has 2 fully saturated rings. The average molecular weight is 370 g/mol. The summed E-state index contributed by atoms with van der Waals surface area (Å²) in [6, 6.07) is 5.31. The highest BCUT2D eigenvalue weighted by atomic mass is 19.4. The fourth-order valence-electron chi connectivity index (χ4n) is 3.12. The fraction of sp³-hybridized carbons (Fsp3) is 0.632. The lowest BCUT2D eigenvalue weighted by Gasteiger charge is -2.22. The molecule has 1 aromatic carbocycles. The monoisotopic (exact) mass is 370 g/mol. The van der Waals surface area contributed by atoms with Crippen molar-refractivity contribution < 1.29 is 22.7 Å². The Morgan fingerprint density at radius 2 is 1.81 bits per heavy atom. The van der Waals surface area contributed by atoms with Crippen molar-refractivity contribution in [2.45, 2.75) is 32.0 Å². The van der Waals surface area contributed by atoms with E-state index in [-0.39, 0.29) is 12.5 Å². The number of halogens is 3. The molecule has 1 aliphatic carbocycles. The summed E-state index contributed by atoms with van der Waals surface area (Å²) < 4.78 is 43.4. The third-order valence-corrected chi connectivity index (χ3v) is 4.90. The topological polar surface area (TPSA) is 32.8 Å². The van der Waals surface area contributed by atoms with E-state index in [2.05, 4.69) is 4.90 Å². The molecule has 3 rings (SSSR count). The van der Waals surface area contributed by atoms with Gasteiger partial charge in [0.1, 0.15) is 6.61 Å². The van der Waals surface area contributed by atoms with E-state index in [1.807, 2.05) is 4.90 Å². The summed E-state index contributed by atoms with van der Waals surface area (Å²) in [4.78, 5) is 16.2. The lowest BCUT2D eigenvalue weighted by molar-refractivity contribution is -0.137. The van der Waals surface area contributed by atoms with E-state index in [9.17, 15) is 18.0 Å². The molecule has 0 spiro atoms. The Labute approximate surface area is 151 Å². The molecule has 1 aliphatic heterocycles. The Morgan fingerprint density at radius 3 is 2.46 bits per heavy atom. The Balaban J connectivity index is 1.44. The Bertz CT molecular complexity index is 600. The van der Waals surface area contributed by atoms with Gasteiger partial charge in [-0.3, -0.25) is 9.69 Å². The second-order valence-corrected chi connectivity index (χ2v) is 7.16. The molecule has 4 nitrogen and oxygen atoms in total. The number of hydrogen-bond acceptors (Lipinski definition) is 3. The highest BCUT2D eigenvalue weighted by molar-refractivity contribution is 5.77. The molecule has 1 saturated heterocycles. The van der Waals surface area contributed by atoms with Crippen molar-refractivity contribution in [2.24, 2.45) is 5.92 Å². The number of benzene rings is 1. The summed E-state index contributed by atoms with van der Waals surface area (Å²) in [5.41, 5.74) is 0.227. The number of ether oxygens (including phenoxy) is 1. The van der Waals surface area contributed by atoms with Gasteiger partial charge < -0.3 is 9.64 Å². The molecule has 0 bridgehead atoms. The minimum absolute atomic E-state index is 0.0297. The smallest absolute Gasteiger partial charge is 0.371 e. The molecule has 144 valence electrons. The first-order chi connectivity index (χ1) is 12.4. The van der Waals surface area contributed by atoms with Crippen molar-refractivity contribution in [1.29, 1.82) is 0 Å². The molecule has 1 aromatic rings. The number of alkyl halides is 3. The first-order valence-electron chi connectivity index (χ1n) is 9.16. The highest BCUT2D eigenvalue weighted by Gasteiger charge is 2.30. The van der Waals surface area contributed by atoms with Gasteiger partial charge in [0, 0.05) is 32.7 Å². The standard InChI is InChI=1S/C19H25F3N2O2/c20-19(21,22)17-6-4-15(5-7-17)12-23-8-1-9-24(11-10-23)18(25)14-26-13-16-2-3-16/h4-7,16H,1-3,8-14H2. The van der Waals surface area contributed by atoms with Gasteiger partial charge in [-0.15, -0.1) is 0 Å². The van der Waals surface area contributed by atoms with E-state index in [1.165, 1.54) is 25.0 Å². The van der Waals surface area contributed by atoms with Gasteiger partial charge in [0.15, 0.2) is 0 Å². The van der Waals surface area contributed by atoms with Gasteiger partial charge in [-0.1, -0.05) is 12.1 Å². The van der Waals surface area contributed by atoms with E-state index in [4.69, 9.17) is 4.74 Å². The van der Waals surface area contributed by atoms with Crippen LogP contribution >= 0.6 is 0 Å². The number of amides is 1. The molecule has 1 heterocycles. The van der Waals surface area contributed by atoms with E-state index in [0.29, 0.717) is 32.2 Å². The molecule has 0 aromatic heterocycles. The first-order valence-corrected chi connectivity index (χ1v) is 9.16. The predicted molar refractivity (Wildman–Crippen MR) is 91.5 cm³/mol. The molecular weight excluding hydrogens is 345 g/mol. The van der Waals surface area contributed by atoms with Crippen molar-refractivity contribution in [3.8, 4) is 0 Å². The van der Waals surface area contributed by atoms with Gasteiger partial charge in [-0.2, -0.15) is 13.2 Å². The second-order valence-electron chi connectivity index (χ2n) is 7.16. The SMILES string of the molecule is O=C(COCC1CC1)N1CCCN(Cc2ccc(C(F)(F)F)cc2)CC1. The molecule has 0 N–H and O–H groups in total. The van der Waals surface area contributed by atoms with Gasteiger partial charge >= 0.3 is 6.18 Å². The molecule has 0 radical (unpaired) electrons. The van der Waals surface area contributed by atoms with Crippen LogP contribution in [0.4, 0.5) is 13.2 Å². The number of nitrogens with zero attached hydrogens (tertiary/aromatic N) is 2. The average Bonchev–Trinajstić information content (AvgIpc) is 3.42. The maximum atomic E-state index is 12.6. The Hall–Kier alpha value is -1.60. The van der Waals surface area contributed by atoms with Crippen LogP contribution in [0.1, 0.15) is 30.4 Å². The van der Waals surface area contributed by atoms with Crippen molar-refractivity contribution in [3.63, 3.8) is 0 Å². The minimum Gasteiger partial charge on any atom is -0.371 e. The maximum absolute atomic E-state index is 12.6. The van der Waals surface area contributed by atoms with E-state index < -0.39 is 11.7 Å². The fourth-order valence-corrected chi connectivity index (χ4v) is 3.12. The van der Waals surface area contributed by atoms with Gasteiger partial charge in [-0.25, -0.2) is 0 Å². The Morgan fingerprint density at radius 1 is 1.08 bits per heavy atom. The van der Waals surface area contributed by atoms with Crippen LogP contribution in [0.2, 0.25) is 0 Å². The van der Waals surface area contributed by atoms with E-state index in [0.717, 1.165) is 37.2 Å². The van der Waals surface area contributed by atoms with Crippen LogP contribution in [-0.4, -0.2) is 55.1 Å². The van der Waals surface area contributed by atoms with Gasteiger partial charge in [0.2, 0.25) is 5.91 Å². The number of carbonyl (C=O) groups excluding carboxylic acids is 1. The first kappa shape index (κ1) is 19.2. The quantitative estimate of drug-likeness (QED) is 0.771. The van der Waals surface area contributed by atoms with Crippen molar-refractivity contribution >= 4 is 5.91 Å². The maximum Gasteiger partial charge on any atom is 0.416 e. The summed E-state index contributed by atoms with van der Waals surface area (Å²) in [5, 5.41) is 0. The van der Waals surface area contributed by atoms with E-state index >= 15 is 0 Å². The molecule has 7 heteroatoms. The zero-order valence-electron chi connectivity index (χ0n) is 14.8. The van der Waals surface area contributed by atoms with Crippen LogP contribution in [-0.2, 0) is 22.3 Å². The van der Waals surface area contributed by atoms with Gasteiger partial charge in [-0.05, 0) is 42.9 Å². The van der Waals surface area contributed by atoms with Crippen LogP contribution in [0, 0.1) is 5.92 Å². The van der Waals surface area contributed by atoms with Crippen LogP contribution in [0.5, 0.6) is 0 Å². The lowest BCUT2D eigenvalue weighted by atomic mass is 10.1. The molecule has 1 amide bonds. The van der Waals surface area contributed by atoms with Crippen molar-refractivity contribution in [1.82, 2.24) is 9.80 Å². The molecule has 26 heavy (non-hydrogen) atoms. The minimum atomic E-state index is -4.30. The Kier molecular flexibility index (Phi) is 6.19. The third kappa shape index (κ3) is 5.71. The third-order valence-electron chi connectivity index (χ3n) is 4.90. The molecule has 1 saturated carbocycles. The van der Waals surface area contributed by atoms with Crippen molar-refractivity contribution in [2.75, 3.05) is 39.4 Å². The van der Waals surface area contributed by atoms with Gasteiger partial charge in [0.25, 0.3) is 0 Å². The highest BCUT2D eigenvalue weighted by Crippen LogP contribution is 2.29. The van der Waals surface area contributed by atoms with E-state index in [1.54, 1.807) is 0 Å². The lowest BCUT2D eigenvalue weighted by Crippen LogP contribution is -2.37. The number of rotatable bonds is 6. The summed E-state index contributed by atoms with van der Waals surface area (Å²) in [6.45, 7) is 4.30. The second kappa shape index (κ2) is 8.39. The van der Waals surface area contributed by atoms with Gasteiger partial charge in [0.05, 0.1) is 12.2 Å². The summed E-state index contributed by atoms with van der Waals surface area (Å²) >= 11 is 0. The zero-order chi connectivity index (χ0) is 18.6. The molecule has 2 aliphatic rings. The summed E-state index contributed by atoms with van der Waals surface area (Å²) in [7, 11) is 0. The van der Waals surface area contributed by atoms with Crippen LogP contribution < -0.4 is 0 Å². The molecule has 0 unspecified atom stereocenters. The normalized spacial score (nSPS) is 19.4. The number of carbonyl (C=O) groups is 1. The van der Waals surface area contributed by atoms with Crippen LogP contribution in [0.25, 0.3) is 0 Å². The van der Waals surface area contributed by atoms with Crippen LogP contribution in [0.15, 0.2) is 24.3 Å². The van der Waals surface area contributed by atoms with Crippen LogP contribution in [0.3, 0.4) is 0 Å². The summed E-state index contributed by atoms with van der Waals surface area (Å²) in [6.07, 6.45) is -1.04.